The minimum atomic E-state index is -0.590. The molecular formula is C25H21ClN6O2. The first kappa shape index (κ1) is 21.7. The summed E-state index contributed by atoms with van der Waals surface area (Å²) in [5, 5.41) is 11.5. The summed E-state index contributed by atoms with van der Waals surface area (Å²) in [4.78, 5) is 22.8. The van der Waals surface area contributed by atoms with Crippen LogP contribution in [0.4, 0.5) is 11.6 Å². The van der Waals surface area contributed by atoms with Gasteiger partial charge in [0.25, 0.3) is 5.91 Å². The molecule has 1 amide bonds. The maximum atomic E-state index is 13.6. The van der Waals surface area contributed by atoms with Gasteiger partial charge in [0.1, 0.15) is 11.8 Å². The monoisotopic (exact) mass is 472 g/mol. The van der Waals surface area contributed by atoms with Crippen molar-refractivity contribution < 1.29 is 9.53 Å². The number of amides is 1. The number of halogens is 1. The molecule has 0 saturated heterocycles. The maximum Gasteiger partial charge on any atom is 0.256 e. The molecule has 0 aliphatic carbocycles. The van der Waals surface area contributed by atoms with Crippen LogP contribution < -0.4 is 15.4 Å². The van der Waals surface area contributed by atoms with Crippen molar-refractivity contribution in [2.24, 2.45) is 0 Å². The molecular weight excluding hydrogens is 452 g/mol. The summed E-state index contributed by atoms with van der Waals surface area (Å²) in [6.45, 7) is 1.84. The Morgan fingerprint density at radius 1 is 1.12 bits per heavy atom. The number of aromatic nitrogens is 4. The molecule has 0 spiro atoms. The average molecular weight is 473 g/mol. The van der Waals surface area contributed by atoms with Crippen LogP contribution in [0.25, 0.3) is 11.4 Å². The van der Waals surface area contributed by atoms with E-state index < -0.39 is 6.04 Å². The van der Waals surface area contributed by atoms with Gasteiger partial charge in [-0.1, -0.05) is 41.9 Å². The fourth-order valence-electron chi connectivity index (χ4n) is 3.94. The zero-order chi connectivity index (χ0) is 23.7. The molecule has 2 aromatic heterocycles. The standard InChI is InChI=1S/C25H21ClN6O2/c1-15-21(24(33)29-18-10-3-4-12-20(18)34-2)22(19-11-5-6-13-27-19)32-25(28-15)30-23(31-32)16-8-7-9-17(26)14-16/h3-14,22H,1-2H3,(H,29,33)(H,28,30,31)/t22-/m0/s1. The van der Waals surface area contributed by atoms with E-state index in [-0.39, 0.29) is 5.91 Å². The Balaban J connectivity index is 1.59. The van der Waals surface area contributed by atoms with Gasteiger partial charge < -0.3 is 15.4 Å². The Kier molecular flexibility index (Phi) is 5.73. The number of pyridine rings is 1. The molecule has 2 N–H and O–H groups in total. The van der Waals surface area contributed by atoms with E-state index in [0.717, 1.165) is 5.56 Å². The van der Waals surface area contributed by atoms with E-state index in [9.17, 15) is 4.79 Å². The van der Waals surface area contributed by atoms with Crippen LogP contribution in [-0.4, -0.2) is 32.8 Å². The van der Waals surface area contributed by atoms with Gasteiger partial charge in [0, 0.05) is 22.5 Å². The van der Waals surface area contributed by atoms with Crippen molar-refractivity contribution in [1.29, 1.82) is 0 Å². The summed E-state index contributed by atoms with van der Waals surface area (Å²) in [5.74, 6) is 1.27. The fourth-order valence-corrected chi connectivity index (χ4v) is 4.13. The van der Waals surface area contributed by atoms with Crippen LogP contribution >= 0.6 is 11.6 Å². The first-order chi connectivity index (χ1) is 16.5. The maximum absolute atomic E-state index is 13.6. The second kappa shape index (κ2) is 8.99. The predicted molar refractivity (Wildman–Crippen MR) is 131 cm³/mol. The Morgan fingerprint density at radius 2 is 1.94 bits per heavy atom. The molecule has 34 heavy (non-hydrogen) atoms. The zero-order valence-corrected chi connectivity index (χ0v) is 19.2. The molecule has 9 heteroatoms. The van der Waals surface area contributed by atoms with Gasteiger partial charge in [0.05, 0.1) is 24.1 Å². The Hall–Kier alpha value is -4.17. The van der Waals surface area contributed by atoms with Crippen molar-refractivity contribution in [3.8, 4) is 17.1 Å². The molecule has 0 fully saturated rings. The van der Waals surface area contributed by atoms with Gasteiger partial charge >= 0.3 is 0 Å². The summed E-state index contributed by atoms with van der Waals surface area (Å²) in [5.41, 5.74) is 3.13. The van der Waals surface area contributed by atoms with Crippen LogP contribution in [0.1, 0.15) is 18.7 Å². The first-order valence-corrected chi connectivity index (χ1v) is 11.0. The van der Waals surface area contributed by atoms with Crippen LogP contribution in [0.3, 0.4) is 0 Å². The largest absolute Gasteiger partial charge is 0.495 e. The zero-order valence-electron chi connectivity index (χ0n) is 18.5. The molecule has 5 rings (SSSR count). The predicted octanol–water partition coefficient (Wildman–Crippen LogP) is 4.93. The molecule has 3 heterocycles. The molecule has 2 aromatic carbocycles. The first-order valence-electron chi connectivity index (χ1n) is 10.6. The lowest BCUT2D eigenvalue weighted by atomic mass is 9.98. The Bertz CT molecular complexity index is 1400. The van der Waals surface area contributed by atoms with Crippen molar-refractivity contribution in [2.45, 2.75) is 13.0 Å². The molecule has 0 unspecified atom stereocenters. The summed E-state index contributed by atoms with van der Waals surface area (Å²) < 4.78 is 7.08. The highest BCUT2D eigenvalue weighted by molar-refractivity contribution is 6.30. The van der Waals surface area contributed by atoms with E-state index in [1.54, 1.807) is 42.3 Å². The molecule has 0 saturated carbocycles. The quantitative estimate of drug-likeness (QED) is 0.427. The van der Waals surface area contributed by atoms with Gasteiger partial charge in [-0.2, -0.15) is 4.98 Å². The average Bonchev–Trinajstić information content (AvgIpc) is 3.27. The Labute approximate surface area is 201 Å². The molecule has 0 bridgehead atoms. The summed E-state index contributed by atoms with van der Waals surface area (Å²) >= 11 is 6.18. The molecule has 1 aliphatic heterocycles. The van der Waals surface area contributed by atoms with Crippen molar-refractivity contribution in [3.63, 3.8) is 0 Å². The van der Waals surface area contributed by atoms with Gasteiger partial charge in [0.15, 0.2) is 5.82 Å². The number of nitrogens with one attached hydrogen (secondary N) is 2. The highest BCUT2D eigenvalue weighted by Crippen LogP contribution is 2.36. The van der Waals surface area contributed by atoms with E-state index in [0.29, 0.717) is 45.2 Å². The molecule has 0 radical (unpaired) electrons. The van der Waals surface area contributed by atoms with Gasteiger partial charge in [-0.15, -0.1) is 5.10 Å². The molecule has 170 valence electrons. The van der Waals surface area contributed by atoms with Crippen molar-refractivity contribution in [1.82, 2.24) is 19.7 Å². The lowest BCUT2D eigenvalue weighted by molar-refractivity contribution is -0.113. The SMILES string of the molecule is COc1ccccc1NC(=O)C1=C(C)Nc2nc(-c3cccc(Cl)c3)nn2[C@H]1c1ccccn1. The second-order valence-electron chi connectivity index (χ2n) is 7.69. The highest BCUT2D eigenvalue weighted by atomic mass is 35.5. The third-order valence-corrected chi connectivity index (χ3v) is 5.74. The van der Waals surface area contributed by atoms with E-state index in [1.165, 1.54) is 0 Å². The van der Waals surface area contributed by atoms with Crippen LogP contribution in [0.2, 0.25) is 5.02 Å². The highest BCUT2D eigenvalue weighted by Gasteiger charge is 2.35. The van der Waals surface area contributed by atoms with Crippen molar-refractivity contribution in [2.75, 3.05) is 17.7 Å². The van der Waals surface area contributed by atoms with Crippen molar-refractivity contribution >= 4 is 29.1 Å². The van der Waals surface area contributed by atoms with Crippen LogP contribution in [0.15, 0.2) is 84.2 Å². The Morgan fingerprint density at radius 3 is 2.71 bits per heavy atom. The number of para-hydroxylation sites is 2. The third kappa shape index (κ3) is 3.99. The number of fused-ring (bicyclic) bond motifs is 1. The van der Waals surface area contributed by atoms with E-state index in [4.69, 9.17) is 21.4 Å². The molecule has 8 nitrogen and oxygen atoms in total. The van der Waals surface area contributed by atoms with Crippen LogP contribution in [0, 0.1) is 0 Å². The van der Waals surface area contributed by atoms with Crippen LogP contribution in [0.5, 0.6) is 5.75 Å². The fraction of sp³-hybridized carbons (Fsp3) is 0.120. The molecule has 1 atom stereocenters. The minimum Gasteiger partial charge on any atom is -0.495 e. The van der Waals surface area contributed by atoms with Gasteiger partial charge in [0.2, 0.25) is 5.95 Å². The summed E-state index contributed by atoms with van der Waals surface area (Å²) in [7, 11) is 1.56. The lowest BCUT2D eigenvalue weighted by Gasteiger charge is -2.28. The minimum absolute atomic E-state index is 0.296. The second-order valence-corrected chi connectivity index (χ2v) is 8.13. The van der Waals surface area contributed by atoms with E-state index in [2.05, 4.69) is 20.6 Å². The number of methoxy groups -OCH3 is 1. The number of carbonyl (C=O) groups excluding carboxylic acids is 1. The normalized spacial score (nSPS) is 14.9. The number of anilines is 2. The molecule has 4 aromatic rings. The van der Waals surface area contributed by atoms with Gasteiger partial charge in [-0.25, -0.2) is 4.68 Å². The number of rotatable bonds is 5. The topological polar surface area (TPSA) is 94.0 Å². The van der Waals surface area contributed by atoms with E-state index >= 15 is 0 Å². The summed E-state index contributed by atoms with van der Waals surface area (Å²) in [6.07, 6.45) is 1.69. The number of nitrogens with zero attached hydrogens (tertiary/aromatic N) is 4. The van der Waals surface area contributed by atoms with Gasteiger partial charge in [-0.3, -0.25) is 9.78 Å². The van der Waals surface area contributed by atoms with Gasteiger partial charge in [-0.05, 0) is 43.3 Å². The number of carbonyl (C=O) groups is 1. The lowest BCUT2D eigenvalue weighted by Crippen LogP contribution is -2.32. The smallest absolute Gasteiger partial charge is 0.256 e. The number of hydrogen-bond donors (Lipinski definition) is 2. The number of hydrogen-bond acceptors (Lipinski definition) is 6. The molecule has 1 aliphatic rings. The number of ether oxygens (including phenoxy) is 1. The number of allylic oxidation sites excluding steroid dienone is 1. The number of benzene rings is 2. The van der Waals surface area contributed by atoms with Crippen molar-refractivity contribution in [3.05, 3.63) is 94.9 Å². The van der Waals surface area contributed by atoms with Crippen LogP contribution in [-0.2, 0) is 4.79 Å². The van der Waals surface area contributed by atoms with E-state index in [1.807, 2.05) is 49.4 Å². The summed E-state index contributed by atoms with van der Waals surface area (Å²) in [6, 6.07) is 19.6. The third-order valence-electron chi connectivity index (χ3n) is 5.50.